The summed E-state index contributed by atoms with van der Waals surface area (Å²) in [4.78, 5) is 21.8. The maximum atomic E-state index is 11.2. The van der Waals surface area contributed by atoms with Crippen LogP contribution in [-0.4, -0.2) is 19.6 Å². The van der Waals surface area contributed by atoms with Gasteiger partial charge in [0.25, 0.3) is 0 Å². The molecule has 0 fully saturated rings. The van der Waals surface area contributed by atoms with Crippen molar-refractivity contribution in [2.75, 3.05) is 12.4 Å². The standard InChI is InChI=1S/C13H12N2O3/c1-14-13(17)18-12-7-3-4-9-10(12)5-2-6-11(9)15-8-16/h2-8H,1H3,(H,14,17)(H,15,16). The molecular formula is C13H12N2O3. The van der Waals surface area contributed by atoms with E-state index in [-0.39, 0.29) is 0 Å². The van der Waals surface area contributed by atoms with Gasteiger partial charge in [0, 0.05) is 23.5 Å². The van der Waals surface area contributed by atoms with Crippen molar-refractivity contribution in [1.29, 1.82) is 0 Å². The first kappa shape index (κ1) is 11.9. The first-order chi connectivity index (χ1) is 8.76. The third-order valence-electron chi connectivity index (χ3n) is 2.50. The molecule has 2 rings (SSSR count). The van der Waals surface area contributed by atoms with E-state index in [9.17, 15) is 9.59 Å². The van der Waals surface area contributed by atoms with E-state index in [0.29, 0.717) is 17.8 Å². The maximum absolute atomic E-state index is 11.2. The number of carbonyl (C=O) groups excluding carboxylic acids is 2. The number of carbonyl (C=O) groups is 2. The molecule has 0 bridgehead atoms. The molecule has 2 N–H and O–H groups in total. The average Bonchev–Trinajstić information content (AvgIpc) is 2.40. The molecule has 0 aromatic heterocycles. The molecule has 2 aromatic carbocycles. The van der Waals surface area contributed by atoms with Gasteiger partial charge in [0.05, 0.1) is 0 Å². The van der Waals surface area contributed by atoms with Crippen LogP contribution in [0.4, 0.5) is 10.5 Å². The van der Waals surface area contributed by atoms with Gasteiger partial charge in [0.2, 0.25) is 6.41 Å². The number of fused-ring (bicyclic) bond motifs is 1. The largest absolute Gasteiger partial charge is 0.412 e. The van der Waals surface area contributed by atoms with Crippen LogP contribution in [0.2, 0.25) is 0 Å². The minimum absolute atomic E-state index is 0.446. The fraction of sp³-hybridized carbons (Fsp3) is 0.0769. The highest BCUT2D eigenvalue weighted by atomic mass is 16.6. The van der Waals surface area contributed by atoms with Crippen LogP contribution in [0.15, 0.2) is 36.4 Å². The number of hydrogen-bond acceptors (Lipinski definition) is 3. The monoisotopic (exact) mass is 244 g/mol. The van der Waals surface area contributed by atoms with E-state index in [2.05, 4.69) is 10.6 Å². The summed E-state index contributed by atoms with van der Waals surface area (Å²) in [5.74, 6) is 0.446. The van der Waals surface area contributed by atoms with E-state index in [1.807, 2.05) is 12.1 Å². The van der Waals surface area contributed by atoms with Crippen LogP contribution in [0.3, 0.4) is 0 Å². The van der Waals surface area contributed by atoms with Gasteiger partial charge in [-0.15, -0.1) is 0 Å². The molecule has 0 aliphatic carbocycles. The molecule has 2 aromatic rings. The summed E-state index contributed by atoms with van der Waals surface area (Å²) in [5, 5.41) is 6.56. The number of amides is 2. The number of hydrogen-bond donors (Lipinski definition) is 2. The highest BCUT2D eigenvalue weighted by Gasteiger charge is 2.08. The van der Waals surface area contributed by atoms with Gasteiger partial charge in [-0.3, -0.25) is 4.79 Å². The van der Waals surface area contributed by atoms with E-state index in [1.165, 1.54) is 7.05 Å². The SMILES string of the molecule is CNC(=O)Oc1cccc2c(NC=O)cccc12. The highest BCUT2D eigenvalue weighted by molar-refractivity contribution is 6.01. The average molecular weight is 244 g/mol. The Morgan fingerprint density at radius 1 is 1.17 bits per heavy atom. The van der Waals surface area contributed by atoms with Crippen LogP contribution >= 0.6 is 0 Å². The number of benzene rings is 2. The van der Waals surface area contributed by atoms with Crippen LogP contribution in [0.25, 0.3) is 10.8 Å². The van der Waals surface area contributed by atoms with Crippen LogP contribution in [0.1, 0.15) is 0 Å². The Morgan fingerprint density at radius 2 is 1.89 bits per heavy atom. The summed E-state index contributed by atoms with van der Waals surface area (Å²) < 4.78 is 5.14. The molecule has 0 radical (unpaired) electrons. The highest BCUT2D eigenvalue weighted by Crippen LogP contribution is 2.30. The van der Waals surface area contributed by atoms with Gasteiger partial charge < -0.3 is 15.4 Å². The lowest BCUT2D eigenvalue weighted by atomic mass is 10.1. The van der Waals surface area contributed by atoms with Crippen molar-refractivity contribution in [3.8, 4) is 5.75 Å². The predicted octanol–water partition coefficient (Wildman–Crippen LogP) is 2.13. The summed E-state index contributed by atoms with van der Waals surface area (Å²) >= 11 is 0. The van der Waals surface area contributed by atoms with Crippen molar-refractivity contribution in [2.24, 2.45) is 0 Å². The molecular weight excluding hydrogens is 232 g/mol. The third kappa shape index (κ3) is 2.24. The molecule has 0 aliphatic heterocycles. The van der Waals surface area contributed by atoms with Gasteiger partial charge in [0.1, 0.15) is 5.75 Å². The van der Waals surface area contributed by atoms with Gasteiger partial charge in [-0.25, -0.2) is 4.79 Å². The Hall–Kier alpha value is -2.56. The summed E-state index contributed by atoms with van der Waals surface area (Å²) in [5.41, 5.74) is 0.671. The van der Waals surface area contributed by atoms with Crippen LogP contribution in [0.5, 0.6) is 5.75 Å². The Kier molecular flexibility index (Phi) is 3.43. The van der Waals surface area contributed by atoms with E-state index >= 15 is 0 Å². The van der Waals surface area contributed by atoms with Crippen molar-refractivity contribution < 1.29 is 14.3 Å². The molecule has 18 heavy (non-hydrogen) atoms. The number of anilines is 1. The van der Waals surface area contributed by atoms with Crippen molar-refractivity contribution >= 4 is 29.0 Å². The lowest BCUT2D eigenvalue weighted by molar-refractivity contribution is -0.105. The fourth-order valence-corrected chi connectivity index (χ4v) is 1.71. The topological polar surface area (TPSA) is 67.4 Å². The van der Waals surface area contributed by atoms with Crippen molar-refractivity contribution in [3.63, 3.8) is 0 Å². The number of nitrogens with one attached hydrogen (secondary N) is 2. The molecule has 5 heteroatoms. The molecule has 0 atom stereocenters. The molecule has 2 amide bonds. The lowest BCUT2D eigenvalue weighted by Gasteiger charge is -2.09. The molecule has 5 nitrogen and oxygen atoms in total. The van der Waals surface area contributed by atoms with Gasteiger partial charge >= 0.3 is 6.09 Å². The summed E-state index contributed by atoms with van der Waals surface area (Å²) in [7, 11) is 1.49. The lowest BCUT2D eigenvalue weighted by Crippen LogP contribution is -2.22. The van der Waals surface area contributed by atoms with Crippen LogP contribution < -0.4 is 15.4 Å². The first-order valence-corrected chi connectivity index (χ1v) is 5.37. The molecule has 0 spiro atoms. The van der Waals surface area contributed by atoms with E-state index in [4.69, 9.17) is 4.74 Å². The summed E-state index contributed by atoms with van der Waals surface area (Å²) in [6.07, 6.45) is 0.0809. The first-order valence-electron chi connectivity index (χ1n) is 5.37. The quantitative estimate of drug-likeness (QED) is 0.813. The molecule has 0 heterocycles. The molecule has 0 saturated heterocycles. The van der Waals surface area contributed by atoms with E-state index in [1.54, 1.807) is 24.3 Å². The van der Waals surface area contributed by atoms with Gasteiger partial charge in [0.15, 0.2) is 0 Å². The molecule has 0 saturated carbocycles. The third-order valence-corrected chi connectivity index (χ3v) is 2.50. The zero-order valence-electron chi connectivity index (χ0n) is 9.77. The second-order valence-corrected chi connectivity index (χ2v) is 3.56. The Morgan fingerprint density at radius 3 is 2.61 bits per heavy atom. The van der Waals surface area contributed by atoms with Crippen LogP contribution in [0, 0.1) is 0 Å². The van der Waals surface area contributed by atoms with Crippen LogP contribution in [-0.2, 0) is 4.79 Å². The summed E-state index contributed by atoms with van der Waals surface area (Å²) in [6, 6.07) is 10.7. The Bertz CT molecular complexity index is 596. The van der Waals surface area contributed by atoms with E-state index in [0.717, 1.165) is 10.8 Å². The summed E-state index contributed by atoms with van der Waals surface area (Å²) in [6.45, 7) is 0. The zero-order chi connectivity index (χ0) is 13.0. The fourth-order valence-electron chi connectivity index (χ4n) is 1.71. The zero-order valence-corrected chi connectivity index (χ0v) is 9.77. The van der Waals surface area contributed by atoms with Gasteiger partial charge in [-0.2, -0.15) is 0 Å². The predicted molar refractivity (Wildman–Crippen MR) is 68.7 cm³/mol. The Balaban J connectivity index is 2.52. The van der Waals surface area contributed by atoms with Gasteiger partial charge in [-0.1, -0.05) is 24.3 Å². The van der Waals surface area contributed by atoms with Crippen molar-refractivity contribution in [1.82, 2.24) is 5.32 Å². The molecule has 92 valence electrons. The molecule has 0 unspecified atom stereocenters. The minimum Gasteiger partial charge on any atom is -0.410 e. The minimum atomic E-state index is -0.531. The second-order valence-electron chi connectivity index (χ2n) is 3.56. The van der Waals surface area contributed by atoms with Gasteiger partial charge in [-0.05, 0) is 12.1 Å². The second kappa shape index (κ2) is 5.18. The van der Waals surface area contributed by atoms with Crippen molar-refractivity contribution in [3.05, 3.63) is 36.4 Å². The molecule has 0 aliphatic rings. The Labute approximate surface area is 104 Å². The number of rotatable bonds is 3. The maximum Gasteiger partial charge on any atom is 0.412 e. The normalized spacial score (nSPS) is 9.83. The smallest absolute Gasteiger partial charge is 0.410 e. The van der Waals surface area contributed by atoms with Crippen molar-refractivity contribution in [2.45, 2.75) is 0 Å². The number of ether oxygens (including phenoxy) is 1. The van der Waals surface area contributed by atoms with E-state index < -0.39 is 6.09 Å².